The van der Waals surface area contributed by atoms with Gasteiger partial charge in [0, 0.05) is 77.3 Å². The van der Waals surface area contributed by atoms with E-state index in [0.717, 1.165) is 0 Å². The molecular formula is CeF3LaOPr. The maximum atomic E-state index is 10.0. The van der Waals surface area contributed by atoms with Crippen molar-refractivity contribution in [3.8, 4) is 0 Å². The summed E-state index contributed by atoms with van der Waals surface area (Å²) >= 11 is -7.08. The number of halogens is 3. The van der Waals surface area contributed by atoms with Crippen LogP contribution in [-0.4, -0.2) is 0 Å². The molecule has 0 N–H and O–H groups in total. The van der Waals surface area contributed by atoms with Crippen LogP contribution in [-0.2, 0) is 0.995 Å². The zero-order valence-electron chi connectivity index (χ0n) is 3.20. The molecule has 0 atom stereocenters. The van der Waals surface area contributed by atoms with E-state index in [2.05, 4.69) is 0 Å². The first-order valence-electron chi connectivity index (χ1n) is 0.890. The van der Waals surface area contributed by atoms with E-state index in [0.29, 0.717) is 0 Å². The first-order chi connectivity index (χ1) is 2.00. The van der Waals surface area contributed by atoms with Gasteiger partial charge < -0.3 is 0 Å². The van der Waals surface area contributed by atoms with E-state index in [9.17, 15) is 2.88 Å². The van der Waals surface area contributed by atoms with Crippen LogP contribution in [0.25, 0.3) is 0 Å². The average molecular weight is 493 g/mol. The van der Waals surface area contributed by atoms with Gasteiger partial charge in [0.2, 0.25) is 0 Å². The van der Waals surface area contributed by atoms with Crippen LogP contribution in [0.1, 0.15) is 0 Å². The molecule has 0 fully saturated rings. The van der Waals surface area contributed by atoms with Crippen molar-refractivity contribution in [1.82, 2.24) is 0 Å². The predicted molar refractivity (Wildman–Crippen MR) is 4.01 cm³/mol. The quantitative estimate of drug-likeness (QED) is 0.496. The molecule has 7 heavy (non-hydrogen) atoms. The molecule has 7 heteroatoms. The van der Waals surface area contributed by atoms with Crippen LogP contribution in [0.5, 0.6) is 0 Å². The average Bonchev–Trinajstić information content (AvgIpc) is 0.722. The molecule has 0 bridgehead atoms. The minimum absolute atomic E-state index is 0. The van der Waals surface area contributed by atoms with E-state index in [4.69, 9.17) is 0.995 Å². The first kappa shape index (κ1) is 16.9. The van der Waals surface area contributed by atoms with Crippen LogP contribution in [0.15, 0.2) is 0 Å². The summed E-state index contributed by atoms with van der Waals surface area (Å²) in [5.74, 6) is 0. The fourth-order valence-corrected chi connectivity index (χ4v) is 0. The number of hydrogen-bond donors (Lipinski definition) is 0. The van der Waals surface area contributed by atoms with Crippen molar-refractivity contribution in [3.05, 3.63) is 0 Å². The molecule has 37 valence electrons. The molecule has 0 heterocycles. The van der Waals surface area contributed by atoms with Gasteiger partial charge in [-0.15, -0.1) is 0 Å². The van der Waals surface area contributed by atoms with Crippen molar-refractivity contribution in [1.29, 1.82) is 0 Å². The third-order valence-electron chi connectivity index (χ3n) is 0. The molecule has 0 amide bonds. The summed E-state index contributed by atoms with van der Waals surface area (Å²) in [7, 11) is 0. The van der Waals surface area contributed by atoms with Gasteiger partial charge in [-0.05, 0) is 0 Å². The second-order valence-corrected chi connectivity index (χ2v) is 3.82. The Kier molecular flexibility index (Phi) is 18.4. The van der Waals surface area contributed by atoms with E-state index in [1.807, 2.05) is 0 Å². The third-order valence-corrected chi connectivity index (χ3v) is 0. The van der Waals surface area contributed by atoms with Crippen molar-refractivity contribution in [3.63, 3.8) is 0 Å². The molecule has 1 radical (unpaired) electrons. The monoisotopic (exact) mass is 493 g/mol. The Balaban J connectivity index is -0.0000000800. The molecule has 1 nitrogen and oxygen atoms in total. The Bertz CT molecular complexity index is 61.1. The summed E-state index contributed by atoms with van der Waals surface area (Å²) in [6.45, 7) is 0. The van der Waals surface area contributed by atoms with Crippen molar-refractivity contribution < 1.29 is 117 Å². The molecule has 0 aliphatic rings. The standard InChI is InChI=1S/Ce.3FH.La.O.Pr/h;3*1H;;;/q;;;;;;+3/p-3. The summed E-state index contributed by atoms with van der Waals surface area (Å²) in [4.78, 5) is 0. The molecule has 0 aromatic heterocycles. The van der Waals surface area contributed by atoms with Gasteiger partial charge in [0.25, 0.3) is 0 Å². The van der Waals surface area contributed by atoms with Crippen molar-refractivity contribution in [2.24, 2.45) is 0 Å². The second-order valence-electron chi connectivity index (χ2n) is 0.515. The van der Waals surface area contributed by atoms with E-state index < -0.39 is 35.6 Å². The van der Waals surface area contributed by atoms with Gasteiger partial charge in [-0.25, -0.2) is 0 Å². The zero-order valence-corrected chi connectivity index (χ0v) is 13.7. The molecule has 0 aromatic rings. The van der Waals surface area contributed by atoms with E-state index in [1.54, 1.807) is 0 Å². The summed E-state index contributed by atoms with van der Waals surface area (Å²) < 4.78 is 38.4. The maximum absolute atomic E-state index is 10.0. The summed E-state index contributed by atoms with van der Waals surface area (Å²) in [5.41, 5.74) is 0. The third kappa shape index (κ3) is 43.4. The number of hydrogen-bond acceptors (Lipinski definition) is 1. The fraction of sp³-hybridized carbons (Fsp3) is 0. The molecule has 0 aliphatic heterocycles. The summed E-state index contributed by atoms with van der Waals surface area (Å²) in [5, 5.41) is 0. The second kappa shape index (κ2) is 7.63. The molecule has 0 spiro atoms. The normalized spacial score (nSPS) is 6.14. The fourth-order valence-electron chi connectivity index (χ4n) is 0. The van der Waals surface area contributed by atoms with Crippen molar-refractivity contribution in [2.45, 2.75) is 0 Å². The Morgan fingerprint density at radius 3 is 1.14 bits per heavy atom. The summed E-state index contributed by atoms with van der Waals surface area (Å²) in [6.07, 6.45) is 0. The topological polar surface area (TPSA) is 17.1 Å². The zero-order chi connectivity index (χ0) is 4.50. The molecular weight excluding hydrogens is 493 g/mol. The number of rotatable bonds is 0. The first-order valence-corrected chi connectivity index (χ1v) is 6.60. The molecule has 0 saturated carbocycles. The Morgan fingerprint density at radius 1 is 1.14 bits per heavy atom. The van der Waals surface area contributed by atoms with Gasteiger partial charge in [-0.1, -0.05) is 0 Å². The predicted octanol–water partition coefficient (Wildman–Crippen LogP) is 1.14. The molecule has 0 aliphatic carbocycles. The van der Waals surface area contributed by atoms with Crippen molar-refractivity contribution in [2.75, 3.05) is 0 Å². The van der Waals surface area contributed by atoms with Crippen LogP contribution < -0.4 is 0 Å². The van der Waals surface area contributed by atoms with Crippen LogP contribution in [0.3, 0.4) is 0 Å². The SMILES string of the molecule is [Ce].[La].[O]=[Pr]([F])([F])[F]. The Hall–Kier alpha value is 3.53. The van der Waals surface area contributed by atoms with E-state index in [1.165, 1.54) is 0 Å². The Morgan fingerprint density at radius 2 is 1.14 bits per heavy atom. The Labute approximate surface area is 113 Å². The van der Waals surface area contributed by atoms with Crippen molar-refractivity contribution >= 4 is 0 Å². The van der Waals surface area contributed by atoms with Gasteiger partial charge in [0.1, 0.15) is 0 Å². The molecule has 0 aromatic carbocycles. The van der Waals surface area contributed by atoms with Gasteiger partial charge in [-0.3, -0.25) is 0 Å². The van der Waals surface area contributed by atoms with Gasteiger partial charge >= 0.3 is 39.4 Å². The van der Waals surface area contributed by atoms with E-state index >= 15 is 0 Å². The van der Waals surface area contributed by atoms with Gasteiger partial charge in [0.15, 0.2) is 0 Å². The van der Waals surface area contributed by atoms with Crippen LogP contribution in [0.2, 0.25) is 0 Å². The minimum atomic E-state index is -7.08. The van der Waals surface area contributed by atoms with E-state index in [-0.39, 0.29) is 77.3 Å². The van der Waals surface area contributed by atoms with Crippen LogP contribution >= 0.6 is 0 Å². The molecule has 0 saturated heterocycles. The van der Waals surface area contributed by atoms with Crippen LogP contribution in [0.4, 0.5) is 2.88 Å². The summed E-state index contributed by atoms with van der Waals surface area (Å²) in [6, 6.07) is 0. The molecule has 0 unspecified atom stereocenters. The molecule has 0 rings (SSSR count). The van der Waals surface area contributed by atoms with Crippen LogP contribution in [0, 0.1) is 113 Å². The van der Waals surface area contributed by atoms with Gasteiger partial charge in [0.05, 0.1) is 0 Å². The van der Waals surface area contributed by atoms with Gasteiger partial charge in [-0.2, -0.15) is 0 Å².